The van der Waals surface area contributed by atoms with E-state index in [-0.39, 0.29) is 17.9 Å². The van der Waals surface area contributed by atoms with Crippen molar-refractivity contribution in [2.24, 2.45) is 0 Å². The van der Waals surface area contributed by atoms with E-state index < -0.39 is 17.7 Å². The predicted octanol–water partition coefficient (Wildman–Crippen LogP) is 4.21. The number of hydrogen-bond donors (Lipinski definition) is 1. The van der Waals surface area contributed by atoms with Crippen LogP contribution in [0.3, 0.4) is 0 Å². The second-order valence-electron chi connectivity index (χ2n) is 9.68. The zero-order valence-electron chi connectivity index (χ0n) is 22.0. The van der Waals surface area contributed by atoms with Crippen LogP contribution in [0.15, 0.2) is 72.3 Å². The van der Waals surface area contributed by atoms with Crippen LogP contribution in [0.25, 0.3) is 5.76 Å². The van der Waals surface area contributed by atoms with Crippen LogP contribution in [0.5, 0.6) is 11.5 Å². The van der Waals surface area contributed by atoms with Gasteiger partial charge in [-0.25, -0.2) is 0 Å². The third kappa shape index (κ3) is 4.42. The summed E-state index contributed by atoms with van der Waals surface area (Å²) in [6.45, 7) is 1.43. The fourth-order valence-corrected chi connectivity index (χ4v) is 5.02. The zero-order chi connectivity index (χ0) is 27.0. The number of fused-ring (bicyclic) bond motifs is 1. The number of likely N-dealkylation sites (tertiary alicyclic amines) is 1. The Bertz CT molecular complexity index is 1410. The lowest BCUT2D eigenvalue weighted by Gasteiger charge is -2.28. The summed E-state index contributed by atoms with van der Waals surface area (Å²) in [7, 11) is 7.41. The second-order valence-corrected chi connectivity index (χ2v) is 9.68. The molecular formula is C30H31N3O5. The number of carbonyl (C=O) groups is 2. The molecule has 2 heterocycles. The Labute approximate surface area is 222 Å². The molecule has 1 amide bonds. The molecule has 8 heteroatoms. The number of likely N-dealkylation sites (N-methyl/N-ethyl adjacent to an activating group) is 1. The summed E-state index contributed by atoms with van der Waals surface area (Å²) in [6, 6.07) is 19.6. The highest BCUT2D eigenvalue weighted by atomic mass is 16.5. The lowest BCUT2D eigenvalue weighted by molar-refractivity contribution is -0.140. The summed E-state index contributed by atoms with van der Waals surface area (Å²) in [4.78, 5) is 32.5. The van der Waals surface area contributed by atoms with Gasteiger partial charge >= 0.3 is 0 Å². The summed E-state index contributed by atoms with van der Waals surface area (Å²) in [5.41, 5.74) is 3.79. The standard InChI is InChI=1S/C30H31N3O5/c1-31(2)22-12-9-19(10-13-22)27-26(28(34)20-11-14-25-23(17-20)32(3)15-16-38-25)29(35)30(36)33(27)18-21-7-5-6-8-24(21)37-4/h5-14,17,27,34H,15-16,18H2,1-4H3/b28-26-. The van der Waals surface area contributed by atoms with Gasteiger partial charge in [0, 0.05) is 38.0 Å². The molecule has 8 nitrogen and oxygen atoms in total. The van der Waals surface area contributed by atoms with Gasteiger partial charge in [-0.3, -0.25) is 9.59 Å². The van der Waals surface area contributed by atoms with Gasteiger partial charge in [0.15, 0.2) is 0 Å². The Morgan fingerprint density at radius 1 is 1.08 bits per heavy atom. The van der Waals surface area contributed by atoms with E-state index in [4.69, 9.17) is 9.47 Å². The number of carbonyl (C=O) groups excluding carboxylic acids is 2. The summed E-state index contributed by atoms with van der Waals surface area (Å²) in [6.07, 6.45) is 0. The number of aliphatic hydroxyl groups is 1. The third-order valence-electron chi connectivity index (χ3n) is 7.13. The van der Waals surface area contributed by atoms with Crippen LogP contribution < -0.4 is 19.3 Å². The molecular weight excluding hydrogens is 482 g/mol. The predicted molar refractivity (Wildman–Crippen MR) is 147 cm³/mol. The highest BCUT2D eigenvalue weighted by Crippen LogP contribution is 2.42. The van der Waals surface area contributed by atoms with E-state index in [1.54, 1.807) is 25.3 Å². The maximum atomic E-state index is 13.5. The number of hydrogen-bond acceptors (Lipinski definition) is 7. The number of Topliss-reactive ketones (excluding diaryl/α,β-unsaturated/α-hetero) is 1. The minimum atomic E-state index is -0.777. The Balaban J connectivity index is 1.64. The van der Waals surface area contributed by atoms with Crippen LogP contribution >= 0.6 is 0 Å². The lowest BCUT2D eigenvalue weighted by atomic mass is 9.94. The molecule has 1 atom stereocenters. The number of rotatable bonds is 6. The molecule has 5 rings (SSSR count). The first-order chi connectivity index (χ1) is 18.3. The topological polar surface area (TPSA) is 82.5 Å². The average molecular weight is 514 g/mol. The minimum Gasteiger partial charge on any atom is -0.507 e. The van der Waals surface area contributed by atoms with Crippen LogP contribution in [0, 0.1) is 0 Å². The monoisotopic (exact) mass is 513 g/mol. The van der Waals surface area contributed by atoms with E-state index in [1.165, 1.54) is 4.90 Å². The van der Waals surface area contributed by atoms with E-state index in [9.17, 15) is 14.7 Å². The van der Waals surface area contributed by atoms with Crippen LogP contribution in [0.1, 0.15) is 22.7 Å². The first-order valence-electron chi connectivity index (χ1n) is 12.5. The van der Waals surface area contributed by atoms with Crippen molar-refractivity contribution in [3.05, 3.63) is 89.0 Å². The molecule has 0 saturated carbocycles. The first-order valence-corrected chi connectivity index (χ1v) is 12.5. The van der Waals surface area contributed by atoms with E-state index in [2.05, 4.69) is 0 Å². The number of ether oxygens (including phenoxy) is 2. The fourth-order valence-electron chi connectivity index (χ4n) is 5.02. The lowest BCUT2D eigenvalue weighted by Crippen LogP contribution is -2.29. The molecule has 1 N–H and O–H groups in total. The molecule has 1 saturated heterocycles. The zero-order valence-corrected chi connectivity index (χ0v) is 22.0. The molecule has 0 aliphatic carbocycles. The maximum absolute atomic E-state index is 13.5. The number of anilines is 2. The Kier molecular flexibility index (Phi) is 6.72. The number of benzene rings is 3. The molecule has 1 unspecified atom stereocenters. The van der Waals surface area contributed by atoms with E-state index >= 15 is 0 Å². The quantitative estimate of drug-likeness (QED) is 0.300. The first kappa shape index (κ1) is 25.2. The van der Waals surface area contributed by atoms with Crippen molar-refractivity contribution in [2.45, 2.75) is 12.6 Å². The minimum absolute atomic E-state index is 0.0573. The Morgan fingerprint density at radius 3 is 2.53 bits per heavy atom. The Morgan fingerprint density at radius 2 is 1.82 bits per heavy atom. The highest BCUT2D eigenvalue weighted by Gasteiger charge is 2.46. The SMILES string of the molecule is COc1ccccc1CN1C(=O)C(=O)/C(=C(\O)c2ccc3c(c2)N(C)CCO3)C1c1ccc(N(C)C)cc1. The second kappa shape index (κ2) is 10.1. The van der Waals surface area contributed by atoms with Crippen molar-refractivity contribution in [2.75, 3.05) is 51.2 Å². The van der Waals surface area contributed by atoms with Gasteiger partial charge < -0.3 is 29.3 Å². The van der Waals surface area contributed by atoms with E-state index in [0.717, 1.165) is 22.5 Å². The largest absolute Gasteiger partial charge is 0.507 e. The van der Waals surface area contributed by atoms with Gasteiger partial charge in [-0.15, -0.1) is 0 Å². The molecule has 1 fully saturated rings. The van der Waals surface area contributed by atoms with Crippen LogP contribution in [-0.4, -0.2) is 63.1 Å². The van der Waals surface area contributed by atoms with Gasteiger partial charge in [0.1, 0.15) is 23.9 Å². The summed E-state index contributed by atoms with van der Waals surface area (Å²) >= 11 is 0. The normalized spacial score (nSPS) is 18.3. The van der Waals surface area contributed by atoms with E-state index in [0.29, 0.717) is 30.2 Å². The van der Waals surface area contributed by atoms with Gasteiger partial charge in [0.2, 0.25) is 0 Å². The van der Waals surface area contributed by atoms with Crippen molar-refractivity contribution in [3.63, 3.8) is 0 Å². The smallest absolute Gasteiger partial charge is 0.295 e. The molecule has 2 aliphatic rings. The molecule has 38 heavy (non-hydrogen) atoms. The number of methoxy groups -OCH3 is 1. The number of para-hydroxylation sites is 1. The molecule has 2 aliphatic heterocycles. The van der Waals surface area contributed by atoms with Crippen LogP contribution in [0.4, 0.5) is 11.4 Å². The van der Waals surface area contributed by atoms with Gasteiger partial charge in [-0.05, 0) is 42.0 Å². The molecule has 3 aromatic carbocycles. The molecule has 0 radical (unpaired) electrons. The van der Waals surface area contributed by atoms with Crippen molar-refractivity contribution < 1.29 is 24.2 Å². The van der Waals surface area contributed by atoms with Crippen molar-refractivity contribution in [1.29, 1.82) is 0 Å². The average Bonchev–Trinajstić information content (AvgIpc) is 3.18. The maximum Gasteiger partial charge on any atom is 0.295 e. The van der Waals surface area contributed by atoms with Crippen LogP contribution in [0.2, 0.25) is 0 Å². The van der Waals surface area contributed by atoms with E-state index in [1.807, 2.05) is 79.5 Å². The number of aliphatic hydroxyl groups excluding tert-OH is 1. The Hall–Kier alpha value is -4.46. The van der Waals surface area contributed by atoms with Crippen LogP contribution in [-0.2, 0) is 16.1 Å². The van der Waals surface area contributed by atoms with Gasteiger partial charge in [0.25, 0.3) is 11.7 Å². The summed E-state index contributed by atoms with van der Waals surface area (Å²) in [5.74, 6) is -0.273. The molecule has 3 aromatic rings. The molecule has 0 bridgehead atoms. The number of amides is 1. The fraction of sp³-hybridized carbons (Fsp3) is 0.267. The number of ketones is 1. The highest BCUT2D eigenvalue weighted by molar-refractivity contribution is 6.46. The molecule has 0 spiro atoms. The summed E-state index contributed by atoms with van der Waals surface area (Å²) < 4.78 is 11.2. The van der Waals surface area contributed by atoms with Gasteiger partial charge in [-0.2, -0.15) is 0 Å². The summed E-state index contributed by atoms with van der Waals surface area (Å²) in [5, 5.41) is 11.5. The van der Waals surface area contributed by atoms with Crippen molar-refractivity contribution >= 4 is 28.8 Å². The third-order valence-corrected chi connectivity index (χ3v) is 7.13. The molecule has 0 aromatic heterocycles. The van der Waals surface area contributed by atoms with Crippen molar-refractivity contribution in [1.82, 2.24) is 4.90 Å². The van der Waals surface area contributed by atoms with Gasteiger partial charge in [0.05, 0.1) is 37.5 Å². The number of nitrogens with zero attached hydrogens (tertiary/aromatic N) is 3. The molecule has 196 valence electrons. The van der Waals surface area contributed by atoms with Crippen molar-refractivity contribution in [3.8, 4) is 11.5 Å². The van der Waals surface area contributed by atoms with Gasteiger partial charge in [-0.1, -0.05) is 30.3 Å².